The molecule has 10 atom stereocenters. The van der Waals surface area contributed by atoms with E-state index in [1.165, 1.54) is 13.0 Å². The molecule has 202 valence electrons. The number of hydrogen-bond donors (Lipinski definition) is 6. The molecule has 2 aliphatic rings. The second-order valence-electron chi connectivity index (χ2n) is 8.68. The molecule has 2 aliphatic heterocycles. The molecule has 2 heterocycles. The minimum absolute atomic E-state index is 0.0274. The Morgan fingerprint density at radius 1 is 1.06 bits per heavy atom. The van der Waals surface area contributed by atoms with Gasteiger partial charge in [-0.05, 0) is 5.56 Å². The van der Waals surface area contributed by atoms with Crippen LogP contribution in [0.3, 0.4) is 0 Å². The fraction of sp³-hybridized carbons (Fsp3) is 0.625. The predicted molar refractivity (Wildman–Crippen MR) is 123 cm³/mol. The Labute approximate surface area is 209 Å². The van der Waals surface area contributed by atoms with E-state index in [9.17, 15) is 30.3 Å². The highest BCUT2D eigenvalue weighted by Crippen LogP contribution is 2.30. The van der Waals surface area contributed by atoms with Crippen molar-refractivity contribution in [2.45, 2.75) is 74.9 Å². The van der Waals surface area contributed by atoms with E-state index in [-0.39, 0.29) is 19.8 Å². The Morgan fingerprint density at radius 3 is 2.42 bits per heavy atom. The van der Waals surface area contributed by atoms with Gasteiger partial charge in [-0.3, -0.25) is 4.79 Å². The van der Waals surface area contributed by atoms with Gasteiger partial charge in [0.05, 0.1) is 26.4 Å². The first-order valence-electron chi connectivity index (χ1n) is 11.7. The molecule has 2 fully saturated rings. The number of hydrogen-bond acceptors (Lipinski definition) is 11. The molecule has 0 aliphatic carbocycles. The van der Waals surface area contributed by atoms with Crippen LogP contribution in [-0.4, -0.2) is 113 Å². The largest absolute Gasteiger partial charge is 0.394 e. The van der Waals surface area contributed by atoms with E-state index in [0.29, 0.717) is 0 Å². The van der Waals surface area contributed by atoms with Crippen molar-refractivity contribution in [3.8, 4) is 0 Å². The number of rotatable bonds is 11. The molecular weight excluding hydrogens is 478 g/mol. The topological polar surface area (TPSA) is 176 Å². The van der Waals surface area contributed by atoms with Crippen molar-refractivity contribution in [2.24, 2.45) is 0 Å². The van der Waals surface area contributed by atoms with E-state index in [1.807, 2.05) is 30.3 Å². The third kappa shape index (κ3) is 7.07. The Hall–Kier alpha value is -1.97. The van der Waals surface area contributed by atoms with Crippen LogP contribution in [0.2, 0.25) is 0 Å². The van der Waals surface area contributed by atoms with Crippen LogP contribution in [0.1, 0.15) is 12.5 Å². The quantitative estimate of drug-likeness (QED) is 0.184. The monoisotopic (exact) mass is 513 g/mol. The molecule has 1 aromatic carbocycles. The molecule has 0 aromatic heterocycles. The Balaban J connectivity index is 1.84. The molecule has 0 saturated carbocycles. The van der Waals surface area contributed by atoms with Crippen molar-refractivity contribution >= 4 is 5.91 Å². The first-order valence-corrected chi connectivity index (χ1v) is 11.7. The molecule has 2 saturated heterocycles. The zero-order chi connectivity index (χ0) is 26.2. The van der Waals surface area contributed by atoms with Gasteiger partial charge in [0.25, 0.3) is 0 Å². The van der Waals surface area contributed by atoms with Crippen LogP contribution in [0.15, 0.2) is 43.0 Å². The van der Waals surface area contributed by atoms with Crippen molar-refractivity contribution in [3.05, 3.63) is 48.6 Å². The SMILES string of the molecule is C=CCO[C@@H]1[C@@H](NC(C)=O)[C@@H](O)O[C@H](COCc2ccccc2)[C@H]1O[C@@H]1O[C@H](CO)[C@H](O)[C@H](O)[C@H]1O. The first-order chi connectivity index (χ1) is 17.3. The molecule has 12 heteroatoms. The lowest BCUT2D eigenvalue weighted by Crippen LogP contribution is -2.67. The van der Waals surface area contributed by atoms with E-state index in [4.69, 9.17) is 23.7 Å². The van der Waals surface area contributed by atoms with E-state index >= 15 is 0 Å². The van der Waals surface area contributed by atoms with Crippen molar-refractivity contribution in [1.29, 1.82) is 0 Å². The van der Waals surface area contributed by atoms with Crippen molar-refractivity contribution in [1.82, 2.24) is 5.32 Å². The van der Waals surface area contributed by atoms with E-state index < -0.39 is 73.9 Å². The highest BCUT2D eigenvalue weighted by atomic mass is 16.7. The third-order valence-electron chi connectivity index (χ3n) is 5.98. The van der Waals surface area contributed by atoms with Crippen LogP contribution in [0.5, 0.6) is 0 Å². The van der Waals surface area contributed by atoms with Gasteiger partial charge in [0, 0.05) is 6.92 Å². The molecule has 6 N–H and O–H groups in total. The molecule has 12 nitrogen and oxygen atoms in total. The van der Waals surface area contributed by atoms with Gasteiger partial charge < -0.3 is 54.5 Å². The average molecular weight is 514 g/mol. The van der Waals surface area contributed by atoms with Gasteiger partial charge in [0.2, 0.25) is 5.91 Å². The molecule has 0 radical (unpaired) electrons. The summed E-state index contributed by atoms with van der Waals surface area (Å²) in [4.78, 5) is 11.8. The molecule has 1 amide bonds. The maximum atomic E-state index is 11.8. The summed E-state index contributed by atoms with van der Waals surface area (Å²) >= 11 is 0. The molecule has 1 aromatic rings. The minimum atomic E-state index is -1.68. The predicted octanol–water partition coefficient (Wildman–Crippen LogP) is -1.82. The summed E-state index contributed by atoms with van der Waals surface area (Å²) in [5, 5.41) is 53.5. The number of nitrogens with one attached hydrogen (secondary N) is 1. The first kappa shape index (κ1) is 28.6. The summed E-state index contributed by atoms with van der Waals surface area (Å²) in [5.41, 5.74) is 0.899. The van der Waals surface area contributed by atoms with E-state index in [1.54, 1.807) is 0 Å². The second-order valence-corrected chi connectivity index (χ2v) is 8.68. The number of carbonyl (C=O) groups excluding carboxylic acids is 1. The Kier molecular flexibility index (Phi) is 10.8. The normalized spacial score (nSPS) is 36.8. The van der Waals surface area contributed by atoms with Gasteiger partial charge in [-0.15, -0.1) is 6.58 Å². The number of ether oxygens (including phenoxy) is 5. The molecular formula is C24H35NO11. The highest BCUT2D eigenvalue weighted by Gasteiger charge is 2.51. The zero-order valence-corrected chi connectivity index (χ0v) is 20.0. The standard InChI is InChI=1S/C24H35NO11/c1-3-9-33-22-17(25-13(2)27)23(31)34-16(12-32-11-14-7-5-4-6-8-14)21(22)36-24-20(30)19(29)18(28)15(10-26)35-24/h3-8,15-24,26,28-31H,1,9-12H2,2H3,(H,25,27)/t15-,16-,17-,18+,19+,20-,21-,22-,23+,24+/m1/s1. The van der Waals surface area contributed by atoms with Gasteiger partial charge in [0.15, 0.2) is 12.6 Å². The fourth-order valence-corrected chi connectivity index (χ4v) is 4.19. The lowest BCUT2D eigenvalue weighted by atomic mass is 9.95. The van der Waals surface area contributed by atoms with Gasteiger partial charge in [-0.25, -0.2) is 0 Å². The van der Waals surface area contributed by atoms with Gasteiger partial charge in [-0.1, -0.05) is 36.4 Å². The van der Waals surface area contributed by atoms with Crippen LogP contribution in [0.4, 0.5) is 0 Å². The molecule has 36 heavy (non-hydrogen) atoms. The zero-order valence-electron chi connectivity index (χ0n) is 20.0. The summed E-state index contributed by atoms with van der Waals surface area (Å²) in [7, 11) is 0. The number of amides is 1. The van der Waals surface area contributed by atoms with Crippen LogP contribution in [0.25, 0.3) is 0 Å². The molecule has 3 rings (SSSR count). The highest BCUT2D eigenvalue weighted by molar-refractivity contribution is 5.73. The Morgan fingerprint density at radius 2 is 1.78 bits per heavy atom. The Bertz CT molecular complexity index is 826. The number of carbonyl (C=O) groups is 1. The lowest BCUT2D eigenvalue weighted by molar-refractivity contribution is -0.348. The fourth-order valence-electron chi connectivity index (χ4n) is 4.19. The summed E-state index contributed by atoms with van der Waals surface area (Å²) in [6.07, 6.45) is -10.7. The van der Waals surface area contributed by atoms with E-state index in [2.05, 4.69) is 11.9 Å². The maximum Gasteiger partial charge on any atom is 0.217 e. The average Bonchev–Trinajstić information content (AvgIpc) is 2.86. The summed E-state index contributed by atoms with van der Waals surface area (Å²) < 4.78 is 28.9. The van der Waals surface area contributed by atoms with Crippen LogP contribution in [-0.2, 0) is 35.1 Å². The minimum Gasteiger partial charge on any atom is -0.394 e. The summed E-state index contributed by atoms with van der Waals surface area (Å²) in [6, 6.07) is 8.28. The number of aliphatic hydroxyl groups is 5. The van der Waals surface area contributed by atoms with E-state index in [0.717, 1.165) is 5.56 Å². The van der Waals surface area contributed by atoms with Crippen molar-refractivity contribution in [3.63, 3.8) is 0 Å². The molecule has 0 unspecified atom stereocenters. The maximum absolute atomic E-state index is 11.8. The summed E-state index contributed by atoms with van der Waals surface area (Å²) in [6.45, 7) is 4.43. The lowest BCUT2D eigenvalue weighted by Gasteiger charge is -2.47. The van der Waals surface area contributed by atoms with Crippen LogP contribution >= 0.6 is 0 Å². The van der Waals surface area contributed by atoms with Crippen LogP contribution < -0.4 is 5.32 Å². The number of aliphatic hydroxyl groups excluding tert-OH is 5. The van der Waals surface area contributed by atoms with Gasteiger partial charge in [-0.2, -0.15) is 0 Å². The summed E-state index contributed by atoms with van der Waals surface area (Å²) in [5.74, 6) is -0.458. The molecule has 0 spiro atoms. The number of benzene rings is 1. The van der Waals surface area contributed by atoms with Crippen molar-refractivity contribution < 1.29 is 54.0 Å². The second kappa shape index (κ2) is 13.5. The van der Waals surface area contributed by atoms with Gasteiger partial charge in [0.1, 0.15) is 48.8 Å². The third-order valence-corrected chi connectivity index (χ3v) is 5.98. The van der Waals surface area contributed by atoms with Crippen LogP contribution in [0, 0.1) is 0 Å². The smallest absolute Gasteiger partial charge is 0.217 e. The molecule has 0 bridgehead atoms. The van der Waals surface area contributed by atoms with Crippen molar-refractivity contribution in [2.75, 3.05) is 19.8 Å². The van der Waals surface area contributed by atoms with Gasteiger partial charge >= 0.3 is 0 Å².